The van der Waals surface area contributed by atoms with Crippen molar-refractivity contribution in [2.75, 3.05) is 0 Å². The van der Waals surface area contributed by atoms with Crippen molar-refractivity contribution in [2.45, 2.75) is 41.5 Å². The molecule has 0 aliphatic rings. The van der Waals surface area contributed by atoms with Crippen LogP contribution in [0.15, 0.2) is 53.2 Å². The molecule has 106 valence electrons. The number of hydrogen-bond donors (Lipinski definition) is 0. The zero-order valence-electron chi connectivity index (χ0n) is 13.6. The molecule has 0 radical (unpaired) electrons. The molecule has 20 heavy (non-hydrogen) atoms. The highest BCUT2D eigenvalue weighted by Crippen LogP contribution is 2.28. The smallest absolute Gasteiger partial charge is 0.0733 e. The third-order valence-electron chi connectivity index (χ3n) is 3.32. The van der Waals surface area contributed by atoms with E-state index in [0.29, 0.717) is 0 Å². The lowest BCUT2D eigenvalue weighted by molar-refractivity contribution is 1.28. The minimum absolute atomic E-state index is 0.798. The number of benzene rings is 1. The molecule has 0 spiro atoms. The zero-order chi connectivity index (χ0) is 15.4. The van der Waals surface area contributed by atoms with E-state index in [1.807, 2.05) is 13.8 Å². The first-order chi connectivity index (χ1) is 9.25. The van der Waals surface area contributed by atoms with Gasteiger partial charge in [0.25, 0.3) is 0 Å². The van der Waals surface area contributed by atoms with Gasteiger partial charge in [-0.1, -0.05) is 36.9 Å². The van der Waals surface area contributed by atoms with Crippen LogP contribution in [0.5, 0.6) is 0 Å². The van der Waals surface area contributed by atoms with Gasteiger partial charge >= 0.3 is 0 Å². The molecule has 1 rings (SSSR count). The van der Waals surface area contributed by atoms with Crippen molar-refractivity contribution in [2.24, 2.45) is 4.99 Å². The summed E-state index contributed by atoms with van der Waals surface area (Å²) in [5.74, 6) is 0. The monoisotopic (exact) mass is 267 g/mol. The highest BCUT2D eigenvalue weighted by molar-refractivity contribution is 6.32. The van der Waals surface area contributed by atoms with E-state index in [1.54, 1.807) is 0 Å². The van der Waals surface area contributed by atoms with Gasteiger partial charge in [-0.2, -0.15) is 0 Å². The first kappa shape index (κ1) is 16.2. The summed E-state index contributed by atoms with van der Waals surface area (Å²) in [4.78, 5) is 4.61. The number of nitrogens with zero attached hydrogens (tertiary/aromatic N) is 1. The molecule has 0 amide bonds. The predicted octanol–water partition coefficient (Wildman–Crippen LogP) is 5.65. The van der Waals surface area contributed by atoms with Crippen LogP contribution in [0.2, 0.25) is 0 Å². The van der Waals surface area contributed by atoms with Gasteiger partial charge in [0.15, 0.2) is 0 Å². The van der Waals surface area contributed by atoms with E-state index in [9.17, 15) is 0 Å². The standard InChI is InChI=1S/C19H25N/c1-12(2)18(19(13(3)4)20-14(5)6)17-11-9-10-15(7)16(17)8/h9-11H,3,5H2,1-2,4,6-8H3. The summed E-state index contributed by atoms with van der Waals surface area (Å²) >= 11 is 0. The quantitative estimate of drug-likeness (QED) is 0.625. The Labute approximate surface area is 123 Å². The summed E-state index contributed by atoms with van der Waals surface area (Å²) in [5.41, 5.74) is 8.91. The van der Waals surface area contributed by atoms with Crippen LogP contribution >= 0.6 is 0 Å². The molecule has 0 aliphatic carbocycles. The molecule has 0 saturated carbocycles. The summed E-state index contributed by atoms with van der Waals surface area (Å²) in [7, 11) is 0. The lowest BCUT2D eigenvalue weighted by atomic mass is 9.89. The van der Waals surface area contributed by atoms with Crippen molar-refractivity contribution in [1.82, 2.24) is 0 Å². The molecule has 0 fully saturated rings. The Morgan fingerprint density at radius 2 is 1.60 bits per heavy atom. The van der Waals surface area contributed by atoms with Gasteiger partial charge in [-0.3, -0.25) is 4.99 Å². The first-order valence-corrected chi connectivity index (χ1v) is 6.90. The van der Waals surface area contributed by atoms with Crippen molar-refractivity contribution < 1.29 is 0 Å². The molecular weight excluding hydrogens is 242 g/mol. The van der Waals surface area contributed by atoms with Gasteiger partial charge in [0.2, 0.25) is 0 Å². The normalized spacial score (nSPS) is 11.2. The van der Waals surface area contributed by atoms with Crippen molar-refractivity contribution in [3.63, 3.8) is 0 Å². The fourth-order valence-corrected chi connectivity index (χ4v) is 2.21. The van der Waals surface area contributed by atoms with Crippen molar-refractivity contribution in [3.8, 4) is 0 Å². The Morgan fingerprint density at radius 3 is 2.05 bits per heavy atom. The van der Waals surface area contributed by atoms with Crippen LogP contribution in [0.25, 0.3) is 5.57 Å². The van der Waals surface area contributed by atoms with Crippen molar-refractivity contribution >= 4 is 11.3 Å². The molecule has 0 aromatic heterocycles. The third kappa shape index (κ3) is 3.57. The third-order valence-corrected chi connectivity index (χ3v) is 3.32. The Bertz CT molecular complexity index is 609. The summed E-state index contributed by atoms with van der Waals surface area (Å²) in [5, 5.41) is 0. The summed E-state index contributed by atoms with van der Waals surface area (Å²) in [6, 6.07) is 6.39. The minimum Gasteiger partial charge on any atom is -0.253 e. The zero-order valence-corrected chi connectivity index (χ0v) is 13.6. The van der Waals surface area contributed by atoms with Gasteiger partial charge in [-0.15, -0.1) is 0 Å². The second-order valence-corrected chi connectivity index (χ2v) is 5.60. The summed E-state index contributed by atoms with van der Waals surface area (Å²) < 4.78 is 0. The van der Waals surface area contributed by atoms with E-state index >= 15 is 0 Å². The molecule has 0 heterocycles. The van der Waals surface area contributed by atoms with E-state index in [-0.39, 0.29) is 0 Å². The predicted molar refractivity (Wildman–Crippen MR) is 91.2 cm³/mol. The Balaban J connectivity index is 3.63. The van der Waals surface area contributed by atoms with Crippen LogP contribution in [0.1, 0.15) is 44.4 Å². The number of aliphatic imine (C=N–C) groups is 1. The van der Waals surface area contributed by atoms with Crippen LogP contribution in [0.4, 0.5) is 0 Å². The maximum absolute atomic E-state index is 4.61. The van der Waals surface area contributed by atoms with Crippen LogP contribution in [-0.2, 0) is 0 Å². The minimum atomic E-state index is 0.798. The molecule has 0 atom stereocenters. The number of aryl methyl sites for hydroxylation is 1. The highest BCUT2D eigenvalue weighted by atomic mass is 14.7. The lowest BCUT2D eigenvalue weighted by Gasteiger charge is -2.17. The van der Waals surface area contributed by atoms with E-state index in [2.05, 4.69) is 64.0 Å². The average Bonchev–Trinajstić information content (AvgIpc) is 2.32. The topological polar surface area (TPSA) is 12.4 Å². The molecule has 1 nitrogen and oxygen atoms in total. The molecule has 0 bridgehead atoms. The molecule has 1 aromatic carbocycles. The van der Waals surface area contributed by atoms with E-state index in [1.165, 1.54) is 27.8 Å². The van der Waals surface area contributed by atoms with Gasteiger partial charge in [0.1, 0.15) is 0 Å². The molecule has 1 heteroatoms. The largest absolute Gasteiger partial charge is 0.253 e. The van der Waals surface area contributed by atoms with Crippen LogP contribution < -0.4 is 0 Å². The van der Waals surface area contributed by atoms with E-state index < -0.39 is 0 Å². The molecular formula is C19H25N. The Morgan fingerprint density at radius 1 is 1.00 bits per heavy atom. The summed E-state index contributed by atoms with van der Waals surface area (Å²) in [6.07, 6.45) is 0. The van der Waals surface area contributed by atoms with Gasteiger partial charge in [0.05, 0.1) is 5.71 Å². The van der Waals surface area contributed by atoms with Gasteiger partial charge < -0.3 is 0 Å². The average molecular weight is 267 g/mol. The molecule has 0 N–H and O–H groups in total. The second-order valence-electron chi connectivity index (χ2n) is 5.60. The van der Waals surface area contributed by atoms with Gasteiger partial charge in [-0.05, 0) is 63.8 Å². The van der Waals surface area contributed by atoms with E-state index in [4.69, 9.17) is 0 Å². The SMILES string of the molecule is C=C(C)N=C(C(=C)C)C(=C(C)C)c1cccc(C)c1C. The lowest BCUT2D eigenvalue weighted by Crippen LogP contribution is -2.07. The van der Waals surface area contributed by atoms with Gasteiger partial charge in [-0.25, -0.2) is 0 Å². The van der Waals surface area contributed by atoms with Crippen LogP contribution in [-0.4, -0.2) is 5.71 Å². The second kappa shape index (κ2) is 6.51. The Hall–Kier alpha value is -1.89. The summed E-state index contributed by atoms with van der Waals surface area (Å²) in [6.45, 7) is 20.4. The Kier molecular flexibility index (Phi) is 5.26. The molecule has 0 unspecified atom stereocenters. The number of hydrogen-bond acceptors (Lipinski definition) is 1. The number of rotatable bonds is 4. The van der Waals surface area contributed by atoms with Crippen molar-refractivity contribution in [3.05, 3.63) is 64.9 Å². The van der Waals surface area contributed by atoms with Crippen LogP contribution in [0, 0.1) is 13.8 Å². The van der Waals surface area contributed by atoms with E-state index in [0.717, 1.165) is 17.0 Å². The van der Waals surface area contributed by atoms with Crippen LogP contribution in [0.3, 0.4) is 0 Å². The fraction of sp³-hybridized carbons (Fsp3) is 0.316. The van der Waals surface area contributed by atoms with Gasteiger partial charge in [0, 0.05) is 11.3 Å². The number of allylic oxidation sites excluding steroid dienone is 4. The molecule has 0 aliphatic heterocycles. The highest BCUT2D eigenvalue weighted by Gasteiger charge is 2.15. The molecule has 0 saturated heterocycles. The molecule has 1 aromatic rings. The first-order valence-electron chi connectivity index (χ1n) is 6.90. The fourth-order valence-electron chi connectivity index (χ4n) is 2.21. The van der Waals surface area contributed by atoms with Crippen molar-refractivity contribution in [1.29, 1.82) is 0 Å². The maximum Gasteiger partial charge on any atom is 0.0733 e. The maximum atomic E-state index is 4.61.